The predicted molar refractivity (Wildman–Crippen MR) is 153 cm³/mol. The lowest BCUT2D eigenvalue weighted by atomic mass is 9.72. The summed E-state index contributed by atoms with van der Waals surface area (Å²) in [6, 6.07) is 19.8. The number of carbonyl (C=O) groups is 2. The van der Waals surface area contributed by atoms with Gasteiger partial charge in [-0.05, 0) is 49.7 Å². The van der Waals surface area contributed by atoms with Crippen molar-refractivity contribution < 1.29 is 29.3 Å². The number of cyclic esters (lactones) is 2. The highest BCUT2D eigenvalue weighted by Gasteiger charge is 2.63. The van der Waals surface area contributed by atoms with Crippen LogP contribution in [0.1, 0.15) is 79.4 Å². The van der Waals surface area contributed by atoms with Crippen LogP contribution < -0.4 is 0 Å². The molecule has 0 saturated carbocycles. The monoisotopic (exact) mass is 552 g/mol. The molecule has 2 aliphatic rings. The molecule has 2 amide bonds. The summed E-state index contributed by atoms with van der Waals surface area (Å²) in [6.45, 7) is 14.7. The van der Waals surface area contributed by atoms with E-state index in [9.17, 15) is 19.8 Å². The molecule has 2 aromatic carbocycles. The van der Waals surface area contributed by atoms with Crippen molar-refractivity contribution in [3.05, 3.63) is 71.8 Å². The van der Waals surface area contributed by atoms with Crippen LogP contribution in [-0.4, -0.2) is 67.9 Å². The van der Waals surface area contributed by atoms with Crippen LogP contribution in [0.3, 0.4) is 0 Å². The summed E-state index contributed by atoms with van der Waals surface area (Å²) in [5, 5.41) is 23.4. The van der Waals surface area contributed by atoms with E-state index in [2.05, 4.69) is 27.7 Å². The maximum atomic E-state index is 13.1. The summed E-state index contributed by atoms with van der Waals surface area (Å²) in [5.74, 6) is 0. The quantitative estimate of drug-likeness (QED) is 0.423. The van der Waals surface area contributed by atoms with Gasteiger partial charge in [0.2, 0.25) is 0 Å². The number of amides is 2. The standard InChI is InChI=1S/C32H44N2O6/c1-27(2,23-15-11-9-12-16-23)21-29(5)31(7,37)33(25(35)39-29)19-20-34-26(36)40-30(6,32(34,8)38)22-28(3,4)24-17-13-10-14-18-24/h9-18,37-38H,19-22H2,1-8H3/t29-,30-,31-,32+/m0/s1. The highest BCUT2D eigenvalue weighted by Crippen LogP contribution is 2.47. The van der Waals surface area contributed by atoms with Gasteiger partial charge in [0.25, 0.3) is 0 Å². The minimum atomic E-state index is -1.66. The molecule has 0 unspecified atom stereocenters. The number of aliphatic hydroxyl groups is 2. The number of nitrogens with zero attached hydrogens (tertiary/aromatic N) is 2. The zero-order valence-electron chi connectivity index (χ0n) is 25.0. The van der Waals surface area contributed by atoms with Crippen molar-refractivity contribution in [2.24, 2.45) is 0 Å². The van der Waals surface area contributed by atoms with E-state index in [4.69, 9.17) is 9.47 Å². The first-order chi connectivity index (χ1) is 18.4. The largest absolute Gasteiger partial charge is 0.438 e. The van der Waals surface area contributed by atoms with Crippen molar-refractivity contribution in [1.82, 2.24) is 9.80 Å². The van der Waals surface area contributed by atoms with Gasteiger partial charge < -0.3 is 19.7 Å². The first kappa shape index (κ1) is 29.9. The highest BCUT2D eigenvalue weighted by molar-refractivity contribution is 5.74. The SMILES string of the molecule is CC(C)(C[C@]1(C)OC(=O)N(CCN2C(=O)O[C@@](C)(CC(C)(C)c3ccccc3)[C@]2(C)O)[C@]1(C)O)c1ccccc1. The molecule has 0 radical (unpaired) electrons. The van der Waals surface area contributed by atoms with E-state index in [-0.39, 0.29) is 13.1 Å². The smallest absolute Gasteiger partial charge is 0.412 e. The zero-order chi connectivity index (χ0) is 29.8. The molecule has 2 N–H and O–H groups in total. The predicted octanol–water partition coefficient (Wildman–Crippen LogP) is 5.56. The summed E-state index contributed by atoms with van der Waals surface area (Å²) in [7, 11) is 0. The number of rotatable bonds is 9. The normalized spacial score (nSPS) is 30.9. The van der Waals surface area contributed by atoms with Gasteiger partial charge in [0.1, 0.15) is 0 Å². The van der Waals surface area contributed by atoms with Crippen molar-refractivity contribution >= 4 is 12.2 Å². The summed E-state index contributed by atoms with van der Waals surface area (Å²) < 4.78 is 11.6. The van der Waals surface area contributed by atoms with Gasteiger partial charge >= 0.3 is 12.2 Å². The van der Waals surface area contributed by atoms with Gasteiger partial charge in [0, 0.05) is 25.9 Å². The number of benzene rings is 2. The lowest BCUT2D eigenvalue weighted by Gasteiger charge is -2.43. The van der Waals surface area contributed by atoms with Gasteiger partial charge in [-0.3, -0.25) is 9.80 Å². The molecule has 4 atom stereocenters. The van der Waals surface area contributed by atoms with Crippen LogP contribution in [0.15, 0.2) is 60.7 Å². The fourth-order valence-corrected chi connectivity index (χ4v) is 6.51. The first-order valence-electron chi connectivity index (χ1n) is 13.9. The molecule has 0 spiro atoms. The van der Waals surface area contributed by atoms with Crippen LogP contribution in [0.25, 0.3) is 0 Å². The molecule has 0 bridgehead atoms. The van der Waals surface area contributed by atoms with Gasteiger partial charge in [-0.25, -0.2) is 9.59 Å². The van der Waals surface area contributed by atoms with Crippen LogP contribution in [0.2, 0.25) is 0 Å². The summed E-state index contributed by atoms with van der Waals surface area (Å²) in [5.41, 5.74) is -4.42. The van der Waals surface area contributed by atoms with Crippen molar-refractivity contribution in [2.45, 2.75) is 102 Å². The van der Waals surface area contributed by atoms with Crippen molar-refractivity contribution in [3.63, 3.8) is 0 Å². The average molecular weight is 553 g/mol. The lowest BCUT2D eigenvalue weighted by Crippen LogP contribution is -2.60. The van der Waals surface area contributed by atoms with Gasteiger partial charge in [0.15, 0.2) is 22.7 Å². The van der Waals surface area contributed by atoms with Crippen LogP contribution >= 0.6 is 0 Å². The second-order valence-corrected chi connectivity index (χ2v) is 13.4. The molecule has 8 nitrogen and oxygen atoms in total. The number of hydrogen-bond acceptors (Lipinski definition) is 6. The summed E-state index contributed by atoms with van der Waals surface area (Å²) >= 11 is 0. The molecule has 2 fully saturated rings. The molecule has 2 heterocycles. The fraction of sp³-hybridized carbons (Fsp3) is 0.562. The molecule has 0 aliphatic carbocycles. The van der Waals surface area contributed by atoms with Gasteiger partial charge in [0.05, 0.1) is 0 Å². The zero-order valence-corrected chi connectivity index (χ0v) is 25.0. The third-order valence-corrected chi connectivity index (χ3v) is 9.34. The fourth-order valence-electron chi connectivity index (χ4n) is 6.51. The highest BCUT2D eigenvalue weighted by atomic mass is 16.6. The summed E-state index contributed by atoms with van der Waals surface area (Å²) in [6.07, 6.45) is -0.599. The first-order valence-corrected chi connectivity index (χ1v) is 13.9. The van der Waals surface area contributed by atoms with Crippen LogP contribution in [0.5, 0.6) is 0 Å². The second-order valence-electron chi connectivity index (χ2n) is 13.4. The van der Waals surface area contributed by atoms with E-state index in [0.29, 0.717) is 12.8 Å². The Morgan fingerprint density at radius 2 is 0.925 bits per heavy atom. The molecule has 0 aromatic heterocycles. The third-order valence-electron chi connectivity index (χ3n) is 9.34. The lowest BCUT2D eigenvalue weighted by molar-refractivity contribution is -0.157. The molecule has 4 rings (SSSR count). The molecule has 8 heteroatoms. The number of carbonyl (C=O) groups excluding carboxylic acids is 2. The topological polar surface area (TPSA) is 99.5 Å². The Morgan fingerprint density at radius 3 is 1.23 bits per heavy atom. The third kappa shape index (κ3) is 4.96. The van der Waals surface area contributed by atoms with Gasteiger partial charge in [-0.15, -0.1) is 0 Å². The molecule has 2 aromatic rings. The second kappa shape index (κ2) is 9.77. The minimum absolute atomic E-state index is 0.0450. The number of hydrogen-bond donors (Lipinski definition) is 2. The Hall–Kier alpha value is -3.10. The van der Waals surface area contributed by atoms with E-state index >= 15 is 0 Å². The molecule has 2 saturated heterocycles. The van der Waals surface area contributed by atoms with Gasteiger partial charge in [-0.1, -0.05) is 88.4 Å². The summed E-state index contributed by atoms with van der Waals surface area (Å²) in [4.78, 5) is 28.7. The Balaban J connectivity index is 1.50. The molecule has 2 aliphatic heterocycles. The van der Waals surface area contributed by atoms with E-state index in [0.717, 1.165) is 11.1 Å². The van der Waals surface area contributed by atoms with Crippen molar-refractivity contribution in [1.29, 1.82) is 0 Å². The molecule has 218 valence electrons. The molecular weight excluding hydrogens is 508 g/mol. The van der Waals surface area contributed by atoms with E-state index in [1.165, 1.54) is 9.80 Å². The van der Waals surface area contributed by atoms with Crippen molar-refractivity contribution in [3.8, 4) is 0 Å². The number of ether oxygens (including phenoxy) is 2. The minimum Gasteiger partial charge on any atom is -0.438 e. The van der Waals surface area contributed by atoms with Crippen LogP contribution in [0, 0.1) is 0 Å². The maximum Gasteiger partial charge on any atom is 0.412 e. The Kier molecular flexibility index (Phi) is 7.30. The molecular formula is C32H44N2O6. The van der Waals surface area contributed by atoms with E-state index in [1.807, 2.05) is 60.7 Å². The van der Waals surface area contributed by atoms with Crippen LogP contribution in [-0.2, 0) is 20.3 Å². The Bertz CT molecular complexity index is 1150. The van der Waals surface area contributed by atoms with Crippen molar-refractivity contribution in [2.75, 3.05) is 13.1 Å². The average Bonchev–Trinajstić information content (AvgIpc) is 3.12. The molecule has 40 heavy (non-hydrogen) atoms. The maximum absolute atomic E-state index is 13.1. The van der Waals surface area contributed by atoms with Gasteiger partial charge in [-0.2, -0.15) is 0 Å². The van der Waals surface area contributed by atoms with E-state index < -0.39 is 45.7 Å². The van der Waals surface area contributed by atoms with E-state index in [1.54, 1.807) is 27.7 Å². The Labute approximate surface area is 237 Å². The van der Waals surface area contributed by atoms with Crippen LogP contribution in [0.4, 0.5) is 9.59 Å². The Morgan fingerprint density at radius 1 is 0.625 bits per heavy atom.